The smallest absolute Gasteiger partial charge is 0.294 e. The molecular formula is C25H24N4O3. The number of amides is 1. The third kappa shape index (κ3) is 3.00. The number of Topliss-reactive ketones (excluding diaryl/α,β-unsaturated/α-hetero) is 1. The van der Waals surface area contributed by atoms with Crippen molar-refractivity contribution in [2.45, 2.75) is 26.3 Å². The standard InChI is InChI=1S/C25H24N4O3/c1-14(2)10-21(30)22-23(17-12-28(3)20-7-5-4-6-16(17)20)29(25(32)24(22)31)15-8-9-18-19(11-15)27-13-26-18/h4-9,11-14,23,31H,10H2,1-3H3,(H,26,27). The molecule has 1 aliphatic rings. The van der Waals surface area contributed by atoms with Crippen molar-refractivity contribution in [2.75, 3.05) is 4.90 Å². The fraction of sp³-hybridized carbons (Fsp3) is 0.240. The molecule has 0 saturated heterocycles. The Morgan fingerprint density at radius 2 is 2.00 bits per heavy atom. The molecule has 2 aromatic carbocycles. The number of nitrogens with one attached hydrogen (secondary N) is 1. The van der Waals surface area contributed by atoms with Gasteiger partial charge in [0.15, 0.2) is 11.5 Å². The van der Waals surface area contributed by atoms with Crippen LogP contribution in [0.5, 0.6) is 0 Å². The second kappa shape index (κ2) is 7.37. The predicted octanol–water partition coefficient (Wildman–Crippen LogP) is 4.57. The van der Waals surface area contributed by atoms with Gasteiger partial charge in [-0.25, -0.2) is 4.98 Å². The third-order valence-electron chi connectivity index (χ3n) is 6.01. The van der Waals surface area contributed by atoms with E-state index in [0.29, 0.717) is 11.2 Å². The van der Waals surface area contributed by atoms with E-state index in [0.717, 1.165) is 22.0 Å². The number of fused-ring (bicyclic) bond motifs is 2. The fourth-order valence-electron chi connectivity index (χ4n) is 4.59. The summed E-state index contributed by atoms with van der Waals surface area (Å²) in [5.41, 5.74) is 4.06. The zero-order chi connectivity index (χ0) is 22.6. The van der Waals surface area contributed by atoms with Crippen LogP contribution in [-0.2, 0) is 16.6 Å². The van der Waals surface area contributed by atoms with Gasteiger partial charge in [-0.3, -0.25) is 14.5 Å². The molecule has 7 nitrogen and oxygen atoms in total. The lowest BCUT2D eigenvalue weighted by Gasteiger charge is -2.26. The lowest BCUT2D eigenvalue weighted by Crippen LogP contribution is -2.31. The van der Waals surface area contributed by atoms with Crippen molar-refractivity contribution in [1.29, 1.82) is 0 Å². The van der Waals surface area contributed by atoms with Crippen molar-refractivity contribution >= 4 is 39.3 Å². The minimum atomic E-state index is -0.726. The Labute approximate surface area is 185 Å². The van der Waals surface area contributed by atoms with E-state index in [1.54, 1.807) is 18.5 Å². The van der Waals surface area contributed by atoms with Gasteiger partial charge in [0.1, 0.15) is 0 Å². The zero-order valence-corrected chi connectivity index (χ0v) is 18.2. The first-order valence-corrected chi connectivity index (χ1v) is 10.6. The molecule has 1 aliphatic heterocycles. The van der Waals surface area contributed by atoms with Gasteiger partial charge in [-0.05, 0) is 30.2 Å². The Morgan fingerprint density at radius 1 is 1.22 bits per heavy atom. The number of aryl methyl sites for hydroxylation is 1. The highest BCUT2D eigenvalue weighted by Gasteiger charge is 2.45. The van der Waals surface area contributed by atoms with Crippen molar-refractivity contribution in [3.8, 4) is 0 Å². The SMILES string of the molecule is CC(C)CC(=O)C1=C(O)C(=O)N(c2ccc3[nH]cnc3c2)C1c1cn(C)c2ccccc12. The lowest BCUT2D eigenvalue weighted by atomic mass is 9.91. The normalized spacial score (nSPS) is 16.8. The molecule has 32 heavy (non-hydrogen) atoms. The van der Waals surface area contributed by atoms with Crippen molar-refractivity contribution in [3.63, 3.8) is 0 Å². The molecule has 7 heteroatoms. The summed E-state index contributed by atoms with van der Waals surface area (Å²) in [5, 5.41) is 11.8. The van der Waals surface area contributed by atoms with Crippen molar-refractivity contribution in [1.82, 2.24) is 14.5 Å². The monoisotopic (exact) mass is 428 g/mol. The second-order valence-electron chi connectivity index (χ2n) is 8.68. The molecule has 4 aromatic rings. The summed E-state index contributed by atoms with van der Waals surface area (Å²) in [6, 6.07) is 12.6. The molecule has 0 spiro atoms. The molecule has 0 aliphatic carbocycles. The van der Waals surface area contributed by atoms with E-state index < -0.39 is 17.7 Å². The van der Waals surface area contributed by atoms with Gasteiger partial charge in [-0.2, -0.15) is 0 Å². The molecule has 162 valence electrons. The summed E-state index contributed by atoms with van der Waals surface area (Å²) >= 11 is 0. The Morgan fingerprint density at radius 3 is 2.78 bits per heavy atom. The van der Waals surface area contributed by atoms with E-state index in [1.807, 2.05) is 62.0 Å². The van der Waals surface area contributed by atoms with Gasteiger partial charge in [0.25, 0.3) is 5.91 Å². The maximum atomic E-state index is 13.3. The number of ketones is 1. The minimum Gasteiger partial charge on any atom is -0.503 e. The summed E-state index contributed by atoms with van der Waals surface area (Å²) in [7, 11) is 1.93. The van der Waals surface area contributed by atoms with Gasteiger partial charge in [0, 0.05) is 41.8 Å². The van der Waals surface area contributed by atoms with Crippen LogP contribution in [-0.4, -0.2) is 31.3 Å². The maximum absolute atomic E-state index is 13.3. The number of carbonyl (C=O) groups is 2. The number of aromatic nitrogens is 3. The number of nitrogens with zero attached hydrogens (tertiary/aromatic N) is 3. The Kier molecular flexibility index (Phi) is 4.62. The molecule has 0 saturated carbocycles. The number of aromatic amines is 1. The van der Waals surface area contributed by atoms with E-state index in [2.05, 4.69) is 9.97 Å². The third-order valence-corrected chi connectivity index (χ3v) is 6.01. The van der Waals surface area contributed by atoms with E-state index in [-0.39, 0.29) is 23.7 Å². The van der Waals surface area contributed by atoms with E-state index >= 15 is 0 Å². The van der Waals surface area contributed by atoms with E-state index in [9.17, 15) is 14.7 Å². The Hall–Kier alpha value is -3.87. The molecule has 0 fully saturated rings. The topological polar surface area (TPSA) is 91.2 Å². The van der Waals surface area contributed by atoms with Crippen molar-refractivity contribution < 1.29 is 14.7 Å². The van der Waals surface area contributed by atoms with Crippen LogP contribution < -0.4 is 4.90 Å². The number of para-hydroxylation sites is 1. The van der Waals surface area contributed by atoms with Crippen LogP contribution in [0.15, 0.2) is 66.3 Å². The number of hydrogen-bond donors (Lipinski definition) is 2. The average Bonchev–Trinajstić information content (AvgIpc) is 3.43. The molecule has 0 bridgehead atoms. The zero-order valence-electron chi connectivity index (χ0n) is 18.2. The van der Waals surface area contributed by atoms with Crippen molar-refractivity contribution in [3.05, 3.63) is 71.9 Å². The van der Waals surface area contributed by atoms with Gasteiger partial charge < -0.3 is 14.7 Å². The van der Waals surface area contributed by atoms with E-state index in [4.69, 9.17) is 0 Å². The first-order chi connectivity index (χ1) is 15.4. The van der Waals surface area contributed by atoms with Crippen LogP contribution in [0.4, 0.5) is 5.69 Å². The van der Waals surface area contributed by atoms with Gasteiger partial charge >= 0.3 is 0 Å². The number of anilines is 1. The quantitative estimate of drug-likeness (QED) is 0.487. The van der Waals surface area contributed by atoms with E-state index in [1.165, 1.54) is 4.90 Å². The number of rotatable bonds is 5. The summed E-state index contributed by atoms with van der Waals surface area (Å²) in [5.74, 6) is -1.17. The number of aliphatic hydroxyl groups is 1. The van der Waals surface area contributed by atoms with Crippen molar-refractivity contribution in [2.24, 2.45) is 13.0 Å². The highest BCUT2D eigenvalue weighted by atomic mass is 16.3. The molecule has 1 unspecified atom stereocenters. The number of carbonyl (C=O) groups excluding carboxylic acids is 2. The molecule has 3 heterocycles. The summed E-state index contributed by atoms with van der Waals surface area (Å²) in [4.78, 5) is 35.5. The molecule has 2 aromatic heterocycles. The van der Waals surface area contributed by atoms with Gasteiger partial charge in [0.2, 0.25) is 0 Å². The first-order valence-electron chi connectivity index (χ1n) is 10.6. The van der Waals surface area contributed by atoms with Gasteiger partial charge in [0.05, 0.1) is 29.0 Å². The summed E-state index contributed by atoms with van der Waals surface area (Å²) < 4.78 is 1.98. The molecule has 2 N–H and O–H groups in total. The Balaban J connectivity index is 1.74. The predicted molar refractivity (Wildman–Crippen MR) is 123 cm³/mol. The highest BCUT2D eigenvalue weighted by molar-refractivity contribution is 6.17. The fourth-order valence-corrected chi connectivity index (χ4v) is 4.59. The van der Waals surface area contributed by atoms with Crippen LogP contribution in [0.25, 0.3) is 21.9 Å². The van der Waals surface area contributed by atoms with Crippen LogP contribution >= 0.6 is 0 Å². The number of benzene rings is 2. The maximum Gasteiger partial charge on any atom is 0.294 e. The minimum absolute atomic E-state index is 0.0977. The number of imidazole rings is 1. The van der Waals surface area contributed by atoms with Crippen LogP contribution in [0.1, 0.15) is 31.9 Å². The number of H-pyrrole nitrogens is 1. The second-order valence-corrected chi connectivity index (χ2v) is 8.68. The molecule has 0 radical (unpaired) electrons. The summed E-state index contributed by atoms with van der Waals surface area (Å²) in [6.45, 7) is 3.89. The first kappa shape index (κ1) is 20.1. The van der Waals surface area contributed by atoms with Crippen LogP contribution in [0, 0.1) is 5.92 Å². The molecule has 1 atom stereocenters. The summed E-state index contributed by atoms with van der Waals surface area (Å²) in [6.07, 6.45) is 3.78. The van der Waals surface area contributed by atoms with Crippen LogP contribution in [0.2, 0.25) is 0 Å². The van der Waals surface area contributed by atoms with Gasteiger partial charge in [-0.1, -0.05) is 32.0 Å². The molecule has 1 amide bonds. The lowest BCUT2D eigenvalue weighted by molar-refractivity contribution is -0.118. The van der Waals surface area contributed by atoms with Gasteiger partial charge in [-0.15, -0.1) is 0 Å². The number of aliphatic hydroxyl groups excluding tert-OH is 1. The Bertz CT molecular complexity index is 1410. The van der Waals surface area contributed by atoms with Crippen LogP contribution in [0.3, 0.4) is 0 Å². The molecular weight excluding hydrogens is 404 g/mol. The number of hydrogen-bond acceptors (Lipinski definition) is 4. The largest absolute Gasteiger partial charge is 0.503 e. The average molecular weight is 428 g/mol. The highest BCUT2D eigenvalue weighted by Crippen LogP contribution is 2.44. The molecule has 5 rings (SSSR count).